The average molecular weight is 377 g/mol. The smallest absolute Gasteiger partial charge is 0.335 e. The molecule has 2 aliphatic heterocycles. The first-order chi connectivity index (χ1) is 11.4. The number of benzene rings is 1. The molecule has 3 rings (SSSR count). The van der Waals surface area contributed by atoms with Crippen molar-refractivity contribution in [2.45, 2.75) is 56.8 Å². The minimum atomic E-state index is -4.39. The van der Waals surface area contributed by atoms with Crippen molar-refractivity contribution in [2.75, 3.05) is 13.1 Å². The van der Waals surface area contributed by atoms with Crippen LogP contribution < -0.4 is 5.32 Å². The van der Waals surface area contributed by atoms with Gasteiger partial charge in [0.25, 0.3) is 0 Å². The third kappa shape index (κ3) is 4.11. The van der Waals surface area contributed by atoms with E-state index in [1.165, 1.54) is 6.07 Å². The SMILES string of the molecule is CCC(C(=O)N1C2CCNCC1CC2)c1cccc(C(F)(F)F)c1.Cl. The van der Waals surface area contributed by atoms with E-state index in [0.29, 0.717) is 12.0 Å². The molecule has 25 heavy (non-hydrogen) atoms. The Morgan fingerprint density at radius 1 is 1.28 bits per heavy atom. The summed E-state index contributed by atoms with van der Waals surface area (Å²) in [7, 11) is 0. The summed E-state index contributed by atoms with van der Waals surface area (Å²) in [5.41, 5.74) is -0.222. The molecule has 2 heterocycles. The molecule has 2 saturated heterocycles. The standard InChI is InChI=1S/C18H23F3N2O.ClH/c1-2-16(12-4-3-5-13(10-12)18(19,20)21)17(24)23-14-6-7-15(23)11-22-9-8-14;/h3-5,10,14-16,22H,2,6-9,11H2,1H3;1H. The van der Waals surface area contributed by atoms with Crippen LogP contribution in [0.2, 0.25) is 0 Å². The van der Waals surface area contributed by atoms with Gasteiger partial charge in [-0.05, 0) is 43.9 Å². The highest BCUT2D eigenvalue weighted by atomic mass is 35.5. The highest BCUT2D eigenvalue weighted by Gasteiger charge is 2.40. The van der Waals surface area contributed by atoms with E-state index in [0.717, 1.165) is 44.5 Å². The predicted octanol–water partition coefficient (Wildman–Crippen LogP) is 3.97. The first kappa shape index (κ1) is 20.0. The number of carbonyl (C=O) groups is 1. The second-order valence-corrected chi connectivity index (χ2v) is 6.71. The van der Waals surface area contributed by atoms with Crippen molar-refractivity contribution in [1.82, 2.24) is 10.2 Å². The van der Waals surface area contributed by atoms with Crippen molar-refractivity contribution < 1.29 is 18.0 Å². The molecule has 2 fully saturated rings. The minimum absolute atomic E-state index is 0. The lowest BCUT2D eigenvalue weighted by atomic mass is 9.92. The van der Waals surface area contributed by atoms with Gasteiger partial charge in [-0.15, -0.1) is 12.4 Å². The molecule has 2 bridgehead atoms. The zero-order chi connectivity index (χ0) is 17.3. The zero-order valence-electron chi connectivity index (χ0n) is 14.2. The molecule has 1 amide bonds. The van der Waals surface area contributed by atoms with Gasteiger partial charge in [0.15, 0.2) is 0 Å². The molecule has 1 aromatic carbocycles. The van der Waals surface area contributed by atoms with Crippen molar-refractivity contribution in [3.05, 3.63) is 35.4 Å². The van der Waals surface area contributed by atoms with Crippen LogP contribution in [0.25, 0.3) is 0 Å². The number of amides is 1. The van der Waals surface area contributed by atoms with Crippen LogP contribution in [0.15, 0.2) is 24.3 Å². The van der Waals surface area contributed by atoms with Crippen LogP contribution in [0.4, 0.5) is 13.2 Å². The molecule has 7 heteroatoms. The minimum Gasteiger partial charge on any atom is -0.335 e. The lowest BCUT2D eigenvalue weighted by molar-refractivity contribution is -0.138. The van der Waals surface area contributed by atoms with Gasteiger partial charge >= 0.3 is 6.18 Å². The fourth-order valence-electron chi connectivity index (χ4n) is 4.01. The summed E-state index contributed by atoms with van der Waals surface area (Å²) in [5, 5.41) is 3.35. The Hall–Kier alpha value is -1.27. The number of hydrogen-bond donors (Lipinski definition) is 1. The molecule has 0 spiro atoms. The number of nitrogens with one attached hydrogen (secondary N) is 1. The summed E-state index contributed by atoms with van der Waals surface area (Å²) in [4.78, 5) is 15.1. The van der Waals surface area contributed by atoms with Crippen LogP contribution in [0.5, 0.6) is 0 Å². The summed E-state index contributed by atoms with van der Waals surface area (Å²) >= 11 is 0. The molecule has 0 radical (unpaired) electrons. The number of fused-ring (bicyclic) bond motifs is 2. The molecule has 3 unspecified atom stereocenters. The van der Waals surface area contributed by atoms with E-state index in [9.17, 15) is 18.0 Å². The lowest BCUT2D eigenvalue weighted by Crippen LogP contribution is -2.44. The summed E-state index contributed by atoms with van der Waals surface area (Å²) in [6.45, 7) is 3.54. The molecular weight excluding hydrogens is 353 g/mol. The molecule has 3 atom stereocenters. The topological polar surface area (TPSA) is 32.3 Å². The van der Waals surface area contributed by atoms with E-state index >= 15 is 0 Å². The summed E-state index contributed by atoms with van der Waals surface area (Å²) in [6.07, 6.45) is -0.993. The van der Waals surface area contributed by atoms with Crippen LogP contribution in [0.3, 0.4) is 0 Å². The number of alkyl halides is 3. The maximum absolute atomic E-state index is 13.1. The number of nitrogens with zero attached hydrogens (tertiary/aromatic N) is 1. The van der Waals surface area contributed by atoms with E-state index in [2.05, 4.69) is 5.32 Å². The molecule has 1 N–H and O–H groups in total. The first-order valence-corrected chi connectivity index (χ1v) is 8.62. The number of carbonyl (C=O) groups excluding carboxylic acids is 1. The summed E-state index contributed by atoms with van der Waals surface area (Å²) in [6, 6.07) is 5.61. The van der Waals surface area contributed by atoms with Gasteiger partial charge in [0.05, 0.1) is 11.5 Å². The van der Waals surface area contributed by atoms with Gasteiger partial charge < -0.3 is 10.2 Å². The normalized spacial score (nSPS) is 24.4. The van der Waals surface area contributed by atoms with Crippen molar-refractivity contribution in [3.8, 4) is 0 Å². The maximum Gasteiger partial charge on any atom is 0.416 e. The third-order valence-electron chi connectivity index (χ3n) is 5.23. The number of halogens is 4. The monoisotopic (exact) mass is 376 g/mol. The van der Waals surface area contributed by atoms with E-state index in [1.54, 1.807) is 6.07 Å². The fraction of sp³-hybridized carbons (Fsp3) is 0.611. The van der Waals surface area contributed by atoms with Crippen LogP contribution >= 0.6 is 12.4 Å². The molecule has 0 aliphatic carbocycles. The highest BCUT2D eigenvalue weighted by molar-refractivity contribution is 5.85. The average Bonchev–Trinajstić information content (AvgIpc) is 2.80. The summed E-state index contributed by atoms with van der Waals surface area (Å²) < 4.78 is 38.9. The van der Waals surface area contributed by atoms with Crippen molar-refractivity contribution in [2.24, 2.45) is 0 Å². The van der Waals surface area contributed by atoms with Crippen LogP contribution in [-0.2, 0) is 11.0 Å². The number of hydrogen-bond acceptors (Lipinski definition) is 2. The molecular formula is C18H24ClF3N2O. The molecule has 1 aromatic rings. The lowest BCUT2D eigenvalue weighted by Gasteiger charge is -2.31. The highest BCUT2D eigenvalue weighted by Crippen LogP contribution is 2.35. The Morgan fingerprint density at radius 2 is 2.00 bits per heavy atom. The van der Waals surface area contributed by atoms with E-state index in [-0.39, 0.29) is 30.4 Å². The third-order valence-corrected chi connectivity index (χ3v) is 5.23. The van der Waals surface area contributed by atoms with Crippen molar-refractivity contribution in [1.29, 1.82) is 0 Å². The van der Waals surface area contributed by atoms with Crippen LogP contribution in [0.1, 0.15) is 49.7 Å². The van der Waals surface area contributed by atoms with Gasteiger partial charge in [-0.1, -0.05) is 25.1 Å². The second kappa shape index (κ2) is 7.96. The van der Waals surface area contributed by atoms with E-state index in [4.69, 9.17) is 0 Å². The Labute approximate surface area is 152 Å². The van der Waals surface area contributed by atoms with Gasteiger partial charge in [-0.2, -0.15) is 13.2 Å². The maximum atomic E-state index is 13.1. The molecule has 140 valence electrons. The Balaban J connectivity index is 0.00000225. The van der Waals surface area contributed by atoms with Crippen molar-refractivity contribution in [3.63, 3.8) is 0 Å². The molecule has 2 aliphatic rings. The predicted molar refractivity (Wildman–Crippen MR) is 92.9 cm³/mol. The zero-order valence-corrected chi connectivity index (χ0v) is 15.0. The Bertz CT molecular complexity index is 594. The van der Waals surface area contributed by atoms with Crippen molar-refractivity contribution >= 4 is 18.3 Å². The number of rotatable bonds is 3. The first-order valence-electron chi connectivity index (χ1n) is 8.62. The second-order valence-electron chi connectivity index (χ2n) is 6.71. The van der Waals surface area contributed by atoms with Crippen LogP contribution in [0, 0.1) is 0 Å². The van der Waals surface area contributed by atoms with Gasteiger partial charge in [-0.25, -0.2) is 0 Å². The van der Waals surface area contributed by atoms with E-state index in [1.807, 2.05) is 11.8 Å². The molecule has 0 saturated carbocycles. The quantitative estimate of drug-likeness (QED) is 0.865. The van der Waals surface area contributed by atoms with Gasteiger partial charge in [0.1, 0.15) is 0 Å². The van der Waals surface area contributed by atoms with Crippen LogP contribution in [-0.4, -0.2) is 36.0 Å². The molecule has 3 nitrogen and oxygen atoms in total. The fourth-order valence-corrected chi connectivity index (χ4v) is 4.01. The molecule has 0 aromatic heterocycles. The largest absolute Gasteiger partial charge is 0.416 e. The van der Waals surface area contributed by atoms with Gasteiger partial charge in [0.2, 0.25) is 5.91 Å². The Morgan fingerprint density at radius 3 is 2.68 bits per heavy atom. The Kier molecular flexibility index (Phi) is 6.38. The van der Waals surface area contributed by atoms with Gasteiger partial charge in [-0.3, -0.25) is 4.79 Å². The summed E-state index contributed by atoms with van der Waals surface area (Å²) in [5.74, 6) is -0.526. The van der Waals surface area contributed by atoms with E-state index < -0.39 is 17.7 Å². The van der Waals surface area contributed by atoms with Gasteiger partial charge in [0, 0.05) is 18.6 Å².